The fourth-order valence-electron chi connectivity index (χ4n) is 1.82. The number of carbonyl (C=O) groups is 1. The van der Waals surface area contributed by atoms with Crippen LogP contribution in [0.15, 0.2) is 29.1 Å². The smallest absolute Gasteiger partial charge is 0.356 e. The Labute approximate surface area is 114 Å². The molecular weight excluding hydrogens is 268 g/mol. The molecule has 19 heavy (non-hydrogen) atoms. The summed E-state index contributed by atoms with van der Waals surface area (Å²) in [6.07, 6.45) is 0. The monoisotopic (exact) mass is 280 g/mol. The number of aromatic nitrogens is 2. The normalized spacial score (nSPS) is 10.5. The maximum atomic E-state index is 11.9. The van der Waals surface area contributed by atoms with Crippen molar-refractivity contribution in [1.29, 1.82) is 0 Å². The van der Waals surface area contributed by atoms with Gasteiger partial charge in [-0.3, -0.25) is 9.55 Å². The van der Waals surface area contributed by atoms with Crippen molar-refractivity contribution in [2.45, 2.75) is 13.8 Å². The Morgan fingerprint density at radius 3 is 2.58 bits per heavy atom. The highest BCUT2D eigenvalue weighted by Gasteiger charge is 2.18. The van der Waals surface area contributed by atoms with Gasteiger partial charge in [-0.05, 0) is 38.1 Å². The van der Waals surface area contributed by atoms with Gasteiger partial charge in [0.25, 0.3) is 0 Å². The van der Waals surface area contributed by atoms with Gasteiger partial charge >= 0.3 is 11.7 Å². The molecule has 0 aliphatic rings. The summed E-state index contributed by atoms with van der Waals surface area (Å²) in [4.78, 5) is 26.1. The number of esters is 1. The maximum Gasteiger partial charge on any atom is 0.356 e. The molecule has 0 bridgehead atoms. The second-order valence-corrected chi connectivity index (χ2v) is 4.36. The lowest BCUT2D eigenvalue weighted by Gasteiger charge is -2.05. The molecule has 1 aromatic heterocycles. The Bertz CT molecular complexity index is 656. The van der Waals surface area contributed by atoms with Crippen LogP contribution < -0.4 is 5.69 Å². The molecule has 6 heteroatoms. The molecule has 0 aliphatic heterocycles. The summed E-state index contributed by atoms with van der Waals surface area (Å²) in [7, 11) is 0. The molecule has 2 rings (SSSR count). The quantitative estimate of drug-likeness (QED) is 0.878. The molecule has 1 heterocycles. The third-order valence-electron chi connectivity index (χ3n) is 2.70. The second-order valence-electron chi connectivity index (χ2n) is 3.92. The lowest BCUT2D eigenvalue weighted by Crippen LogP contribution is -2.15. The summed E-state index contributed by atoms with van der Waals surface area (Å²) in [5.41, 5.74) is 0.925. The zero-order chi connectivity index (χ0) is 14.0. The Kier molecular flexibility index (Phi) is 3.76. The standard InChI is InChI=1S/C13H13ClN2O3/c1-3-19-12(17)11-8(2)16(13(18)15-11)10-6-4-9(14)5-7-10/h4-7H,3H2,1-2H3,(H,15,18). The summed E-state index contributed by atoms with van der Waals surface area (Å²) in [5, 5.41) is 0.579. The third kappa shape index (κ3) is 2.56. The summed E-state index contributed by atoms with van der Waals surface area (Å²) in [6, 6.07) is 6.78. The number of nitrogens with zero attached hydrogens (tertiary/aromatic N) is 1. The van der Waals surface area contributed by atoms with E-state index in [0.717, 1.165) is 0 Å². The van der Waals surface area contributed by atoms with E-state index in [1.165, 1.54) is 4.57 Å². The summed E-state index contributed by atoms with van der Waals surface area (Å²) in [5.74, 6) is -0.537. The molecule has 5 nitrogen and oxygen atoms in total. The highest BCUT2D eigenvalue weighted by Crippen LogP contribution is 2.15. The number of H-pyrrole nitrogens is 1. The zero-order valence-electron chi connectivity index (χ0n) is 10.6. The molecule has 0 unspecified atom stereocenters. The predicted molar refractivity (Wildman–Crippen MR) is 72.1 cm³/mol. The first kappa shape index (κ1) is 13.4. The fraction of sp³-hybridized carbons (Fsp3) is 0.231. The average Bonchev–Trinajstić information content (AvgIpc) is 2.67. The summed E-state index contributed by atoms with van der Waals surface area (Å²) < 4.78 is 6.29. The van der Waals surface area contributed by atoms with E-state index in [0.29, 0.717) is 16.4 Å². The second kappa shape index (κ2) is 5.32. The van der Waals surface area contributed by atoms with E-state index >= 15 is 0 Å². The Morgan fingerprint density at radius 1 is 1.37 bits per heavy atom. The van der Waals surface area contributed by atoms with Crippen LogP contribution in [0.5, 0.6) is 0 Å². The van der Waals surface area contributed by atoms with Crippen LogP contribution in [-0.4, -0.2) is 22.1 Å². The Morgan fingerprint density at radius 2 is 2.00 bits per heavy atom. The van der Waals surface area contributed by atoms with E-state index in [2.05, 4.69) is 4.98 Å². The molecule has 0 saturated heterocycles. The predicted octanol–water partition coefficient (Wildman–Crippen LogP) is 2.30. The van der Waals surface area contributed by atoms with Crippen molar-refractivity contribution in [3.8, 4) is 5.69 Å². The molecular formula is C13H13ClN2O3. The number of hydrogen-bond donors (Lipinski definition) is 1. The first-order chi connectivity index (χ1) is 9.04. The molecule has 0 aliphatic carbocycles. The van der Waals surface area contributed by atoms with Crippen LogP contribution in [0, 0.1) is 6.92 Å². The number of nitrogens with one attached hydrogen (secondary N) is 1. The van der Waals surface area contributed by atoms with Crippen molar-refractivity contribution in [2.75, 3.05) is 6.61 Å². The lowest BCUT2D eigenvalue weighted by atomic mass is 10.3. The molecule has 0 radical (unpaired) electrons. The van der Waals surface area contributed by atoms with Crippen LogP contribution in [0.25, 0.3) is 5.69 Å². The van der Waals surface area contributed by atoms with E-state index in [9.17, 15) is 9.59 Å². The number of halogens is 1. The van der Waals surface area contributed by atoms with E-state index in [-0.39, 0.29) is 18.0 Å². The van der Waals surface area contributed by atoms with Gasteiger partial charge in [-0.25, -0.2) is 9.59 Å². The molecule has 1 aromatic carbocycles. The average molecular weight is 281 g/mol. The van der Waals surface area contributed by atoms with Gasteiger partial charge in [-0.1, -0.05) is 11.6 Å². The third-order valence-corrected chi connectivity index (χ3v) is 2.95. The van der Waals surface area contributed by atoms with Crippen LogP contribution in [0.1, 0.15) is 23.1 Å². The van der Waals surface area contributed by atoms with Gasteiger partial charge in [-0.15, -0.1) is 0 Å². The van der Waals surface area contributed by atoms with Crippen LogP contribution in [-0.2, 0) is 4.74 Å². The minimum atomic E-state index is -0.537. The first-order valence-electron chi connectivity index (χ1n) is 5.79. The van der Waals surface area contributed by atoms with Crippen molar-refractivity contribution in [2.24, 2.45) is 0 Å². The minimum Gasteiger partial charge on any atom is -0.461 e. The van der Waals surface area contributed by atoms with E-state index < -0.39 is 5.97 Å². The number of rotatable bonds is 3. The number of hydrogen-bond acceptors (Lipinski definition) is 3. The molecule has 0 atom stereocenters. The highest BCUT2D eigenvalue weighted by atomic mass is 35.5. The van der Waals surface area contributed by atoms with E-state index in [1.807, 2.05) is 0 Å². The number of carbonyl (C=O) groups excluding carboxylic acids is 1. The number of benzene rings is 1. The van der Waals surface area contributed by atoms with Gasteiger partial charge in [0.05, 0.1) is 18.0 Å². The zero-order valence-corrected chi connectivity index (χ0v) is 11.3. The van der Waals surface area contributed by atoms with Crippen molar-refractivity contribution in [1.82, 2.24) is 9.55 Å². The molecule has 100 valence electrons. The SMILES string of the molecule is CCOC(=O)c1[nH]c(=O)n(-c2ccc(Cl)cc2)c1C. The Balaban J connectivity index is 2.51. The van der Waals surface area contributed by atoms with Crippen LogP contribution in [0.4, 0.5) is 0 Å². The maximum absolute atomic E-state index is 11.9. The molecule has 1 N–H and O–H groups in total. The Hall–Kier alpha value is -2.01. The minimum absolute atomic E-state index is 0.168. The van der Waals surface area contributed by atoms with E-state index in [4.69, 9.17) is 16.3 Å². The first-order valence-corrected chi connectivity index (χ1v) is 6.17. The van der Waals surface area contributed by atoms with Crippen LogP contribution in [0.2, 0.25) is 5.02 Å². The number of imidazole rings is 1. The van der Waals surface area contributed by atoms with Crippen LogP contribution in [0.3, 0.4) is 0 Å². The van der Waals surface area contributed by atoms with Gasteiger partial charge in [0.2, 0.25) is 0 Å². The van der Waals surface area contributed by atoms with Crippen molar-refractivity contribution in [3.05, 3.63) is 51.2 Å². The molecule has 0 saturated carbocycles. The number of ether oxygens (including phenoxy) is 1. The van der Waals surface area contributed by atoms with Crippen LogP contribution >= 0.6 is 11.6 Å². The fourth-order valence-corrected chi connectivity index (χ4v) is 1.95. The molecule has 0 spiro atoms. The topological polar surface area (TPSA) is 64.1 Å². The summed E-state index contributed by atoms with van der Waals surface area (Å²) in [6.45, 7) is 3.65. The highest BCUT2D eigenvalue weighted by molar-refractivity contribution is 6.30. The van der Waals surface area contributed by atoms with Gasteiger partial charge in [0.15, 0.2) is 0 Å². The van der Waals surface area contributed by atoms with Crippen molar-refractivity contribution >= 4 is 17.6 Å². The van der Waals surface area contributed by atoms with E-state index in [1.54, 1.807) is 38.1 Å². The molecule has 0 amide bonds. The van der Waals surface area contributed by atoms with Crippen molar-refractivity contribution < 1.29 is 9.53 Å². The largest absolute Gasteiger partial charge is 0.461 e. The van der Waals surface area contributed by atoms with Gasteiger partial charge in [-0.2, -0.15) is 0 Å². The molecule has 0 fully saturated rings. The van der Waals surface area contributed by atoms with Crippen molar-refractivity contribution in [3.63, 3.8) is 0 Å². The van der Waals surface area contributed by atoms with Gasteiger partial charge in [0, 0.05) is 5.02 Å². The summed E-state index contributed by atoms with van der Waals surface area (Å²) >= 11 is 5.81. The lowest BCUT2D eigenvalue weighted by molar-refractivity contribution is 0.0519. The molecule has 2 aromatic rings. The number of aromatic amines is 1. The van der Waals surface area contributed by atoms with Gasteiger partial charge in [0.1, 0.15) is 5.69 Å². The van der Waals surface area contributed by atoms with Gasteiger partial charge < -0.3 is 4.74 Å².